The third-order valence-corrected chi connectivity index (χ3v) is 3.21. The molecule has 108 valence electrons. The van der Waals surface area contributed by atoms with E-state index in [0.717, 1.165) is 11.3 Å². The van der Waals surface area contributed by atoms with Crippen LogP contribution < -0.4 is 5.32 Å². The molecule has 0 heterocycles. The standard InChI is InChI=1S/C17H15ClFNO/c1-12(20-11-13-2-8-16(19)9-3-13)10-17(21)14-4-6-15(18)7-5-14/h2-10,20H,11H2,1H3/b12-10-. The minimum Gasteiger partial charge on any atom is -0.384 e. The van der Waals surface area contributed by atoms with Crippen LogP contribution >= 0.6 is 11.6 Å². The summed E-state index contributed by atoms with van der Waals surface area (Å²) < 4.78 is 12.8. The van der Waals surface area contributed by atoms with E-state index in [2.05, 4.69) is 5.32 Å². The summed E-state index contributed by atoms with van der Waals surface area (Å²) in [5.41, 5.74) is 2.28. The summed E-state index contributed by atoms with van der Waals surface area (Å²) in [6.45, 7) is 2.36. The molecular weight excluding hydrogens is 289 g/mol. The second-order valence-corrected chi connectivity index (χ2v) is 5.11. The molecule has 0 aliphatic heterocycles. The number of allylic oxidation sites excluding steroid dienone is 2. The molecule has 0 fully saturated rings. The molecule has 0 unspecified atom stereocenters. The molecule has 0 spiro atoms. The van der Waals surface area contributed by atoms with Crippen molar-refractivity contribution in [3.63, 3.8) is 0 Å². The molecule has 0 atom stereocenters. The SMILES string of the molecule is C/C(=C/C(=O)c1ccc(Cl)cc1)NCc1ccc(F)cc1. The summed E-state index contributed by atoms with van der Waals surface area (Å²) in [5.74, 6) is -0.347. The topological polar surface area (TPSA) is 29.1 Å². The minimum atomic E-state index is -0.260. The molecule has 0 saturated heterocycles. The fourth-order valence-electron chi connectivity index (χ4n) is 1.79. The number of halogens is 2. The van der Waals surface area contributed by atoms with Crippen molar-refractivity contribution >= 4 is 17.4 Å². The maximum Gasteiger partial charge on any atom is 0.187 e. The quantitative estimate of drug-likeness (QED) is 0.657. The Bertz CT molecular complexity index is 647. The van der Waals surface area contributed by atoms with E-state index < -0.39 is 0 Å². The fraction of sp³-hybridized carbons (Fsp3) is 0.118. The molecule has 0 amide bonds. The number of nitrogens with one attached hydrogen (secondary N) is 1. The highest BCUT2D eigenvalue weighted by Crippen LogP contribution is 2.11. The van der Waals surface area contributed by atoms with Gasteiger partial charge in [-0.2, -0.15) is 0 Å². The highest BCUT2D eigenvalue weighted by Gasteiger charge is 2.03. The number of benzene rings is 2. The molecule has 2 aromatic rings. The molecule has 0 aliphatic carbocycles. The van der Waals surface area contributed by atoms with Crippen molar-refractivity contribution in [3.05, 3.63) is 82.3 Å². The van der Waals surface area contributed by atoms with Gasteiger partial charge in [0, 0.05) is 28.9 Å². The van der Waals surface area contributed by atoms with E-state index >= 15 is 0 Å². The number of hydrogen-bond donors (Lipinski definition) is 1. The van der Waals surface area contributed by atoms with E-state index in [-0.39, 0.29) is 11.6 Å². The van der Waals surface area contributed by atoms with Crippen LogP contribution in [0.15, 0.2) is 60.3 Å². The first-order chi connectivity index (χ1) is 10.0. The zero-order valence-electron chi connectivity index (χ0n) is 11.6. The molecule has 0 saturated carbocycles. The summed E-state index contributed by atoms with van der Waals surface area (Å²) >= 11 is 5.79. The smallest absolute Gasteiger partial charge is 0.187 e. The van der Waals surface area contributed by atoms with E-state index in [4.69, 9.17) is 11.6 Å². The monoisotopic (exact) mass is 303 g/mol. The second-order valence-electron chi connectivity index (χ2n) is 4.68. The van der Waals surface area contributed by atoms with Crippen molar-refractivity contribution in [3.8, 4) is 0 Å². The van der Waals surface area contributed by atoms with E-state index in [1.165, 1.54) is 18.2 Å². The number of carbonyl (C=O) groups is 1. The summed E-state index contributed by atoms with van der Waals surface area (Å²) in [7, 11) is 0. The van der Waals surface area contributed by atoms with Crippen molar-refractivity contribution in [2.45, 2.75) is 13.5 Å². The maximum atomic E-state index is 12.8. The van der Waals surface area contributed by atoms with Gasteiger partial charge in [-0.1, -0.05) is 23.7 Å². The van der Waals surface area contributed by atoms with Crippen LogP contribution in [-0.2, 0) is 6.54 Å². The van der Waals surface area contributed by atoms with Gasteiger partial charge in [-0.25, -0.2) is 4.39 Å². The largest absolute Gasteiger partial charge is 0.384 e. The Morgan fingerprint density at radius 1 is 1.14 bits per heavy atom. The number of rotatable bonds is 5. The average molecular weight is 304 g/mol. The van der Waals surface area contributed by atoms with Gasteiger partial charge in [0.05, 0.1) is 0 Å². The highest BCUT2D eigenvalue weighted by molar-refractivity contribution is 6.30. The lowest BCUT2D eigenvalue weighted by Gasteiger charge is -2.06. The normalized spacial score (nSPS) is 11.3. The first-order valence-electron chi connectivity index (χ1n) is 6.51. The van der Waals surface area contributed by atoms with Crippen molar-refractivity contribution < 1.29 is 9.18 Å². The van der Waals surface area contributed by atoms with Crippen LogP contribution in [0.3, 0.4) is 0 Å². The van der Waals surface area contributed by atoms with Crippen LogP contribution in [0.25, 0.3) is 0 Å². The lowest BCUT2D eigenvalue weighted by Crippen LogP contribution is -2.12. The summed E-state index contributed by atoms with van der Waals surface area (Å²) in [6, 6.07) is 13.0. The molecule has 0 bridgehead atoms. The summed E-state index contributed by atoms with van der Waals surface area (Å²) in [5, 5.41) is 3.72. The third kappa shape index (κ3) is 4.72. The van der Waals surface area contributed by atoms with Gasteiger partial charge < -0.3 is 5.32 Å². The first-order valence-corrected chi connectivity index (χ1v) is 6.89. The van der Waals surface area contributed by atoms with Gasteiger partial charge in [0.15, 0.2) is 5.78 Å². The Labute approximate surface area is 128 Å². The molecular formula is C17H15ClFNO. The van der Waals surface area contributed by atoms with Crippen molar-refractivity contribution in [1.82, 2.24) is 5.32 Å². The predicted octanol–water partition coefficient (Wildman–Crippen LogP) is 4.36. The van der Waals surface area contributed by atoms with Crippen molar-refractivity contribution in [2.75, 3.05) is 0 Å². The van der Waals surface area contributed by atoms with Crippen molar-refractivity contribution in [1.29, 1.82) is 0 Å². The third-order valence-electron chi connectivity index (χ3n) is 2.96. The summed E-state index contributed by atoms with van der Waals surface area (Å²) in [4.78, 5) is 12.0. The Morgan fingerprint density at radius 2 is 1.76 bits per heavy atom. The Kier molecular flexibility index (Phi) is 5.12. The molecule has 0 aromatic heterocycles. The zero-order chi connectivity index (χ0) is 15.2. The lowest BCUT2D eigenvalue weighted by molar-refractivity contribution is 0.104. The van der Waals surface area contributed by atoms with Gasteiger partial charge in [-0.15, -0.1) is 0 Å². The zero-order valence-corrected chi connectivity index (χ0v) is 12.3. The Morgan fingerprint density at radius 3 is 2.38 bits per heavy atom. The predicted molar refractivity (Wildman–Crippen MR) is 82.8 cm³/mol. The maximum absolute atomic E-state index is 12.8. The molecule has 2 aromatic carbocycles. The van der Waals surface area contributed by atoms with E-state index in [0.29, 0.717) is 17.1 Å². The van der Waals surface area contributed by atoms with Crippen LogP contribution in [0.4, 0.5) is 4.39 Å². The van der Waals surface area contributed by atoms with Gasteiger partial charge in [-0.05, 0) is 48.9 Å². The van der Waals surface area contributed by atoms with Gasteiger partial charge in [-0.3, -0.25) is 4.79 Å². The van der Waals surface area contributed by atoms with Crippen LogP contribution in [0.1, 0.15) is 22.8 Å². The molecule has 2 rings (SSSR count). The van der Waals surface area contributed by atoms with Gasteiger partial charge in [0.25, 0.3) is 0 Å². The number of ketones is 1. The van der Waals surface area contributed by atoms with Crippen molar-refractivity contribution in [2.24, 2.45) is 0 Å². The fourth-order valence-corrected chi connectivity index (χ4v) is 1.91. The molecule has 0 radical (unpaired) electrons. The van der Waals surface area contributed by atoms with E-state index in [1.807, 2.05) is 6.92 Å². The lowest BCUT2D eigenvalue weighted by atomic mass is 10.1. The number of carbonyl (C=O) groups excluding carboxylic acids is 1. The van der Waals surface area contributed by atoms with Crippen LogP contribution in [0.2, 0.25) is 5.02 Å². The first kappa shape index (κ1) is 15.3. The molecule has 4 heteroatoms. The van der Waals surface area contributed by atoms with Gasteiger partial charge >= 0.3 is 0 Å². The minimum absolute atomic E-state index is 0.0872. The Hall–Kier alpha value is -2.13. The molecule has 0 aliphatic rings. The van der Waals surface area contributed by atoms with E-state index in [1.54, 1.807) is 36.4 Å². The molecule has 1 N–H and O–H groups in total. The highest BCUT2D eigenvalue weighted by atomic mass is 35.5. The molecule has 21 heavy (non-hydrogen) atoms. The Balaban J connectivity index is 1.95. The van der Waals surface area contributed by atoms with Crippen LogP contribution in [0.5, 0.6) is 0 Å². The van der Waals surface area contributed by atoms with Crippen LogP contribution in [0, 0.1) is 5.82 Å². The summed E-state index contributed by atoms with van der Waals surface area (Å²) in [6.07, 6.45) is 1.53. The molecule has 2 nitrogen and oxygen atoms in total. The van der Waals surface area contributed by atoms with E-state index in [9.17, 15) is 9.18 Å². The van der Waals surface area contributed by atoms with Gasteiger partial charge in [0.1, 0.15) is 5.82 Å². The van der Waals surface area contributed by atoms with Gasteiger partial charge in [0.2, 0.25) is 0 Å². The van der Waals surface area contributed by atoms with Crippen LogP contribution in [-0.4, -0.2) is 5.78 Å². The number of hydrogen-bond acceptors (Lipinski definition) is 2. The second kappa shape index (κ2) is 7.04. The average Bonchev–Trinajstić information content (AvgIpc) is 2.47.